The number of methoxy groups -OCH3 is 1. The van der Waals surface area contributed by atoms with E-state index in [2.05, 4.69) is 33.3 Å². The van der Waals surface area contributed by atoms with Gasteiger partial charge in [-0.2, -0.15) is 5.10 Å². The van der Waals surface area contributed by atoms with Crippen molar-refractivity contribution in [1.29, 1.82) is 0 Å². The van der Waals surface area contributed by atoms with Crippen LogP contribution in [-0.2, 0) is 6.54 Å². The van der Waals surface area contributed by atoms with Gasteiger partial charge in [-0.05, 0) is 56.7 Å². The molecule has 158 valence electrons. The SMILES string of the molecule is CCn1nc(C(=O)NCC2(O)CCC(C)CC2)c(Cl)c1-c1ccc(Br)cc1OC. The Bertz CT molecular complexity index is 892. The fraction of sp³-hybridized carbons (Fsp3) is 0.524. The van der Waals surface area contributed by atoms with E-state index >= 15 is 0 Å². The molecule has 0 bridgehead atoms. The van der Waals surface area contributed by atoms with Crippen molar-refractivity contribution in [3.63, 3.8) is 0 Å². The molecule has 3 rings (SSSR count). The monoisotopic (exact) mass is 483 g/mol. The maximum absolute atomic E-state index is 12.8. The Labute approximate surface area is 184 Å². The minimum Gasteiger partial charge on any atom is -0.496 e. The molecule has 2 aromatic rings. The summed E-state index contributed by atoms with van der Waals surface area (Å²) in [7, 11) is 1.59. The van der Waals surface area contributed by atoms with Crippen molar-refractivity contribution < 1.29 is 14.6 Å². The van der Waals surface area contributed by atoms with E-state index in [9.17, 15) is 9.90 Å². The van der Waals surface area contributed by atoms with Gasteiger partial charge in [-0.1, -0.05) is 34.5 Å². The third-order valence-corrected chi connectivity index (χ3v) is 6.46. The third kappa shape index (κ3) is 4.78. The summed E-state index contributed by atoms with van der Waals surface area (Å²) < 4.78 is 8.06. The Morgan fingerprint density at radius 1 is 1.45 bits per heavy atom. The topological polar surface area (TPSA) is 76.4 Å². The van der Waals surface area contributed by atoms with Gasteiger partial charge in [-0.15, -0.1) is 0 Å². The van der Waals surface area contributed by atoms with Gasteiger partial charge in [0.25, 0.3) is 5.91 Å². The number of nitrogens with zero attached hydrogens (tertiary/aromatic N) is 2. The smallest absolute Gasteiger partial charge is 0.273 e. The van der Waals surface area contributed by atoms with Gasteiger partial charge in [-0.3, -0.25) is 9.48 Å². The summed E-state index contributed by atoms with van der Waals surface area (Å²) in [5.74, 6) is 0.865. The van der Waals surface area contributed by atoms with E-state index in [1.54, 1.807) is 11.8 Å². The number of ether oxygens (including phenoxy) is 1. The molecule has 1 aromatic carbocycles. The molecule has 0 spiro atoms. The molecule has 29 heavy (non-hydrogen) atoms. The number of amides is 1. The molecule has 1 aromatic heterocycles. The molecule has 1 fully saturated rings. The fourth-order valence-corrected chi connectivity index (χ4v) is 4.40. The van der Waals surface area contributed by atoms with E-state index in [0.29, 0.717) is 36.7 Å². The highest BCUT2D eigenvalue weighted by molar-refractivity contribution is 9.10. The second-order valence-corrected chi connectivity index (χ2v) is 9.05. The number of hydrogen-bond acceptors (Lipinski definition) is 4. The van der Waals surface area contributed by atoms with E-state index in [4.69, 9.17) is 16.3 Å². The van der Waals surface area contributed by atoms with Gasteiger partial charge < -0.3 is 15.2 Å². The normalized spacial score (nSPS) is 21.8. The molecule has 1 saturated carbocycles. The predicted molar refractivity (Wildman–Crippen MR) is 118 cm³/mol. The van der Waals surface area contributed by atoms with Gasteiger partial charge in [0.15, 0.2) is 5.69 Å². The molecule has 0 aliphatic heterocycles. The maximum Gasteiger partial charge on any atom is 0.273 e. The molecule has 2 N–H and O–H groups in total. The van der Waals surface area contributed by atoms with Gasteiger partial charge >= 0.3 is 0 Å². The number of rotatable bonds is 6. The first-order valence-electron chi connectivity index (χ1n) is 9.88. The van der Waals surface area contributed by atoms with Crippen LogP contribution >= 0.6 is 27.5 Å². The summed E-state index contributed by atoms with van der Waals surface area (Å²) in [6, 6.07) is 5.62. The Kier molecular flexibility index (Phi) is 6.91. The van der Waals surface area contributed by atoms with Crippen LogP contribution in [-0.4, -0.2) is 40.0 Å². The summed E-state index contributed by atoms with van der Waals surface area (Å²) in [5.41, 5.74) is 0.684. The number of carbonyl (C=O) groups excluding carboxylic acids is 1. The number of nitrogens with one attached hydrogen (secondary N) is 1. The largest absolute Gasteiger partial charge is 0.496 e. The number of aromatic nitrogens is 2. The van der Waals surface area contributed by atoms with E-state index in [1.807, 2.05) is 25.1 Å². The first kappa shape index (κ1) is 22.1. The lowest BCUT2D eigenvalue weighted by Crippen LogP contribution is -2.45. The summed E-state index contributed by atoms with van der Waals surface area (Å²) >= 11 is 10.0. The Morgan fingerprint density at radius 2 is 2.14 bits per heavy atom. The van der Waals surface area contributed by atoms with Crippen LogP contribution in [0.3, 0.4) is 0 Å². The number of aliphatic hydroxyl groups is 1. The van der Waals surface area contributed by atoms with E-state index in [0.717, 1.165) is 22.9 Å². The van der Waals surface area contributed by atoms with Crippen LogP contribution in [0.15, 0.2) is 22.7 Å². The zero-order valence-corrected chi connectivity index (χ0v) is 19.3. The second-order valence-electron chi connectivity index (χ2n) is 7.76. The summed E-state index contributed by atoms with van der Waals surface area (Å²) in [6.45, 7) is 4.87. The van der Waals surface area contributed by atoms with Gasteiger partial charge in [0.2, 0.25) is 0 Å². The van der Waals surface area contributed by atoms with Crippen molar-refractivity contribution in [3.05, 3.63) is 33.4 Å². The molecule has 1 heterocycles. The number of halogens is 2. The van der Waals surface area contributed by atoms with Gasteiger partial charge in [-0.25, -0.2) is 0 Å². The Hall–Kier alpha value is -1.57. The van der Waals surface area contributed by atoms with Crippen molar-refractivity contribution in [2.24, 2.45) is 5.92 Å². The van der Waals surface area contributed by atoms with Crippen LogP contribution in [0, 0.1) is 5.92 Å². The summed E-state index contributed by atoms with van der Waals surface area (Å²) in [4.78, 5) is 12.8. The number of hydrogen-bond donors (Lipinski definition) is 2. The maximum atomic E-state index is 12.8. The number of carbonyl (C=O) groups is 1. The molecule has 0 saturated heterocycles. The van der Waals surface area contributed by atoms with Crippen LogP contribution in [0.4, 0.5) is 0 Å². The lowest BCUT2D eigenvalue weighted by atomic mass is 9.79. The molecule has 1 aliphatic rings. The fourth-order valence-electron chi connectivity index (χ4n) is 3.74. The molecule has 0 atom stereocenters. The number of aryl methyl sites for hydroxylation is 1. The Balaban J connectivity index is 1.85. The number of benzene rings is 1. The van der Waals surface area contributed by atoms with Crippen LogP contribution in [0.5, 0.6) is 5.75 Å². The van der Waals surface area contributed by atoms with Gasteiger partial charge in [0.05, 0.1) is 23.4 Å². The molecule has 0 radical (unpaired) electrons. The van der Waals surface area contributed by atoms with Crippen LogP contribution < -0.4 is 10.1 Å². The minimum atomic E-state index is -0.861. The standard InChI is InChI=1S/C21H27BrClN3O3/c1-4-26-19(15-6-5-14(22)11-16(15)29-3)17(23)18(25-26)20(27)24-12-21(28)9-7-13(2)8-10-21/h5-6,11,13,28H,4,7-10,12H2,1-3H3,(H,24,27). The predicted octanol–water partition coefficient (Wildman–Crippen LogP) is 4.67. The van der Waals surface area contributed by atoms with Crippen molar-refractivity contribution in [3.8, 4) is 17.0 Å². The highest BCUT2D eigenvalue weighted by Crippen LogP contribution is 2.38. The quantitative estimate of drug-likeness (QED) is 0.625. The van der Waals surface area contributed by atoms with E-state index < -0.39 is 5.60 Å². The van der Waals surface area contributed by atoms with Crippen LogP contribution in [0.1, 0.15) is 50.0 Å². The van der Waals surface area contributed by atoms with Crippen molar-refractivity contribution >= 4 is 33.4 Å². The third-order valence-electron chi connectivity index (χ3n) is 5.61. The van der Waals surface area contributed by atoms with E-state index in [-0.39, 0.29) is 23.2 Å². The average molecular weight is 485 g/mol. The lowest BCUT2D eigenvalue weighted by molar-refractivity contribution is -0.00544. The molecule has 0 unspecified atom stereocenters. The highest BCUT2D eigenvalue weighted by atomic mass is 79.9. The van der Waals surface area contributed by atoms with Gasteiger partial charge in [0, 0.05) is 23.1 Å². The average Bonchev–Trinajstić information content (AvgIpc) is 3.05. The van der Waals surface area contributed by atoms with Crippen LogP contribution in [0.25, 0.3) is 11.3 Å². The van der Waals surface area contributed by atoms with E-state index in [1.165, 1.54) is 0 Å². The summed E-state index contributed by atoms with van der Waals surface area (Å²) in [5, 5.41) is 18.3. The molecule has 8 heteroatoms. The zero-order valence-electron chi connectivity index (χ0n) is 17.0. The molecular formula is C21H27BrClN3O3. The first-order valence-corrected chi connectivity index (χ1v) is 11.1. The minimum absolute atomic E-state index is 0.154. The van der Waals surface area contributed by atoms with Crippen molar-refractivity contribution in [2.75, 3.05) is 13.7 Å². The molecule has 1 aliphatic carbocycles. The first-order chi connectivity index (χ1) is 13.8. The molecule has 6 nitrogen and oxygen atoms in total. The van der Waals surface area contributed by atoms with Crippen LogP contribution in [0.2, 0.25) is 5.02 Å². The zero-order chi connectivity index (χ0) is 21.2. The van der Waals surface area contributed by atoms with Crippen molar-refractivity contribution in [1.82, 2.24) is 15.1 Å². The molecular weight excluding hydrogens is 458 g/mol. The van der Waals surface area contributed by atoms with Crippen molar-refractivity contribution in [2.45, 2.75) is 51.7 Å². The lowest BCUT2D eigenvalue weighted by Gasteiger charge is -2.34. The highest BCUT2D eigenvalue weighted by Gasteiger charge is 2.33. The summed E-state index contributed by atoms with van der Waals surface area (Å²) in [6.07, 6.45) is 3.30. The van der Waals surface area contributed by atoms with Gasteiger partial charge in [0.1, 0.15) is 5.75 Å². The second kappa shape index (κ2) is 9.06. The molecule has 1 amide bonds. The Morgan fingerprint density at radius 3 is 2.76 bits per heavy atom.